The lowest BCUT2D eigenvalue weighted by Crippen LogP contribution is -2.51. The van der Waals surface area contributed by atoms with Gasteiger partial charge in [0.05, 0.1) is 17.3 Å². The first-order valence-electron chi connectivity index (χ1n) is 10.2. The van der Waals surface area contributed by atoms with E-state index in [0.717, 1.165) is 16.6 Å². The molecule has 1 fully saturated rings. The third-order valence-electron chi connectivity index (χ3n) is 5.16. The van der Waals surface area contributed by atoms with Crippen LogP contribution in [0.2, 0.25) is 5.15 Å². The van der Waals surface area contributed by atoms with Gasteiger partial charge in [-0.05, 0) is 39.0 Å². The molecule has 7 nitrogen and oxygen atoms in total. The zero-order valence-corrected chi connectivity index (χ0v) is 18.6. The number of rotatable bonds is 2. The fourth-order valence-corrected chi connectivity index (χ4v) is 4.09. The summed E-state index contributed by atoms with van der Waals surface area (Å²) in [5.41, 5.74) is 1.53. The quantitative estimate of drug-likeness (QED) is 0.593. The summed E-state index contributed by atoms with van der Waals surface area (Å²) in [5, 5.41) is 1.11. The zero-order valence-electron chi connectivity index (χ0n) is 17.8. The number of nitrogens with zero attached hydrogens (tertiary/aromatic N) is 4. The summed E-state index contributed by atoms with van der Waals surface area (Å²) in [6, 6.07) is 11.5. The van der Waals surface area contributed by atoms with Crippen LogP contribution < -0.4 is 0 Å². The molecule has 0 atom stereocenters. The highest BCUT2D eigenvalue weighted by Gasteiger charge is 2.31. The minimum absolute atomic E-state index is 0.153. The molecule has 31 heavy (non-hydrogen) atoms. The second-order valence-corrected chi connectivity index (χ2v) is 8.85. The highest BCUT2D eigenvalue weighted by atomic mass is 35.5. The van der Waals surface area contributed by atoms with E-state index in [0.29, 0.717) is 36.9 Å². The average Bonchev–Trinajstić information content (AvgIpc) is 3.04. The fraction of sp³-hybridized carbons (Fsp3) is 0.348. The van der Waals surface area contributed by atoms with E-state index < -0.39 is 5.60 Å². The van der Waals surface area contributed by atoms with Crippen LogP contribution in [0.25, 0.3) is 16.6 Å². The number of hydrogen-bond acceptors (Lipinski definition) is 4. The normalized spacial score (nSPS) is 14.7. The Morgan fingerprint density at radius 2 is 1.65 bits per heavy atom. The maximum absolute atomic E-state index is 13.5. The molecule has 0 saturated carbocycles. The third-order valence-corrected chi connectivity index (χ3v) is 5.52. The van der Waals surface area contributed by atoms with Gasteiger partial charge in [0.1, 0.15) is 10.8 Å². The van der Waals surface area contributed by atoms with Crippen molar-refractivity contribution in [1.29, 1.82) is 0 Å². The van der Waals surface area contributed by atoms with Gasteiger partial charge in [0.15, 0.2) is 0 Å². The highest BCUT2D eigenvalue weighted by Crippen LogP contribution is 2.33. The van der Waals surface area contributed by atoms with E-state index in [1.54, 1.807) is 22.2 Å². The molecule has 1 aromatic carbocycles. The van der Waals surface area contributed by atoms with Crippen LogP contribution in [0.5, 0.6) is 0 Å². The number of pyridine rings is 1. The number of para-hydroxylation sites is 1. The molecule has 0 bridgehead atoms. The summed E-state index contributed by atoms with van der Waals surface area (Å²) in [7, 11) is 0. The van der Waals surface area contributed by atoms with Gasteiger partial charge in [-0.3, -0.25) is 14.3 Å². The van der Waals surface area contributed by atoms with Crippen molar-refractivity contribution in [2.75, 3.05) is 26.2 Å². The number of ether oxygens (including phenoxy) is 1. The molecular weight excluding hydrogens is 416 g/mol. The van der Waals surface area contributed by atoms with Crippen molar-refractivity contribution < 1.29 is 14.3 Å². The van der Waals surface area contributed by atoms with Crippen molar-refractivity contribution >= 4 is 34.5 Å². The minimum Gasteiger partial charge on any atom is -0.444 e. The largest absolute Gasteiger partial charge is 0.444 e. The predicted octanol–water partition coefficient (Wildman–Crippen LogP) is 4.37. The minimum atomic E-state index is -0.551. The molecule has 4 rings (SSSR count). The van der Waals surface area contributed by atoms with E-state index in [1.165, 1.54) is 0 Å². The van der Waals surface area contributed by atoms with E-state index in [9.17, 15) is 9.59 Å². The third kappa shape index (κ3) is 4.23. The molecule has 162 valence electrons. The Morgan fingerprint density at radius 1 is 1.00 bits per heavy atom. The highest BCUT2D eigenvalue weighted by molar-refractivity contribution is 6.35. The number of amides is 2. The Balaban J connectivity index is 1.60. The lowest BCUT2D eigenvalue weighted by Gasteiger charge is -2.35. The predicted molar refractivity (Wildman–Crippen MR) is 120 cm³/mol. The SMILES string of the molecule is CC(C)(C)OC(=O)N1CCN(C(=O)c2c(Cl)n(-c3ccccc3)c3cnccc23)CC1. The summed E-state index contributed by atoms with van der Waals surface area (Å²) in [6.45, 7) is 7.17. The van der Waals surface area contributed by atoms with Crippen LogP contribution in [0.4, 0.5) is 4.79 Å². The number of hydrogen-bond donors (Lipinski definition) is 0. The summed E-state index contributed by atoms with van der Waals surface area (Å²) >= 11 is 6.76. The number of aromatic nitrogens is 2. The van der Waals surface area contributed by atoms with Crippen LogP contribution in [0.1, 0.15) is 31.1 Å². The molecule has 1 aliphatic rings. The first-order chi connectivity index (χ1) is 14.8. The fourth-order valence-electron chi connectivity index (χ4n) is 3.71. The Kier molecular flexibility index (Phi) is 5.62. The van der Waals surface area contributed by atoms with Gasteiger partial charge >= 0.3 is 6.09 Å². The average molecular weight is 441 g/mol. The van der Waals surface area contributed by atoms with E-state index in [4.69, 9.17) is 16.3 Å². The summed E-state index contributed by atoms with van der Waals surface area (Å²) < 4.78 is 7.28. The number of carbonyl (C=O) groups is 2. The van der Waals surface area contributed by atoms with E-state index in [1.807, 2.05) is 61.7 Å². The lowest BCUT2D eigenvalue weighted by molar-refractivity contribution is 0.0141. The van der Waals surface area contributed by atoms with Crippen LogP contribution in [-0.4, -0.2) is 63.1 Å². The molecule has 3 aromatic rings. The summed E-state index contributed by atoms with van der Waals surface area (Å²) in [4.78, 5) is 33.4. The second kappa shape index (κ2) is 8.23. The van der Waals surface area contributed by atoms with Gasteiger partial charge in [-0.25, -0.2) is 4.79 Å². The van der Waals surface area contributed by atoms with Gasteiger partial charge in [0, 0.05) is 43.4 Å². The van der Waals surface area contributed by atoms with Gasteiger partial charge in [-0.1, -0.05) is 29.8 Å². The Morgan fingerprint density at radius 3 is 2.29 bits per heavy atom. The van der Waals surface area contributed by atoms with Crippen molar-refractivity contribution in [3.8, 4) is 5.69 Å². The number of piperazine rings is 1. The molecule has 8 heteroatoms. The van der Waals surface area contributed by atoms with Gasteiger partial charge in [0.25, 0.3) is 5.91 Å². The Hall–Kier alpha value is -3.06. The number of benzene rings is 1. The van der Waals surface area contributed by atoms with Crippen LogP contribution in [-0.2, 0) is 4.74 Å². The van der Waals surface area contributed by atoms with Gasteiger partial charge in [0.2, 0.25) is 0 Å². The van der Waals surface area contributed by atoms with Crippen LogP contribution in [0, 0.1) is 0 Å². The topological polar surface area (TPSA) is 67.7 Å². The maximum atomic E-state index is 13.5. The first-order valence-corrected chi connectivity index (χ1v) is 10.6. The van der Waals surface area contributed by atoms with Gasteiger partial charge in [-0.15, -0.1) is 0 Å². The number of carbonyl (C=O) groups excluding carboxylic acids is 2. The Bertz CT molecular complexity index is 1110. The standard InChI is InChI=1S/C23H25ClN4O3/c1-23(2,3)31-22(30)27-13-11-26(12-14-27)21(29)19-17-9-10-25-15-18(17)28(20(19)24)16-7-5-4-6-8-16/h4-10,15H,11-14H2,1-3H3. The van der Waals surface area contributed by atoms with Gasteiger partial charge < -0.3 is 14.5 Å². The van der Waals surface area contributed by atoms with Gasteiger partial charge in [-0.2, -0.15) is 0 Å². The van der Waals surface area contributed by atoms with Crippen molar-refractivity contribution in [2.24, 2.45) is 0 Å². The summed E-state index contributed by atoms with van der Waals surface area (Å²) in [5.74, 6) is -0.153. The Labute approximate surface area is 186 Å². The molecule has 2 aromatic heterocycles. The molecule has 0 aliphatic carbocycles. The summed E-state index contributed by atoms with van der Waals surface area (Å²) in [6.07, 6.45) is 3.01. The van der Waals surface area contributed by atoms with Crippen molar-refractivity contribution in [2.45, 2.75) is 26.4 Å². The second-order valence-electron chi connectivity index (χ2n) is 8.49. The molecule has 3 heterocycles. The van der Waals surface area contributed by atoms with Crippen molar-refractivity contribution in [3.05, 3.63) is 59.5 Å². The van der Waals surface area contributed by atoms with Crippen LogP contribution >= 0.6 is 11.6 Å². The lowest BCUT2D eigenvalue weighted by atomic mass is 10.1. The maximum Gasteiger partial charge on any atom is 0.410 e. The van der Waals surface area contributed by atoms with E-state index >= 15 is 0 Å². The number of halogens is 1. The van der Waals surface area contributed by atoms with Crippen molar-refractivity contribution in [1.82, 2.24) is 19.4 Å². The van der Waals surface area contributed by atoms with Crippen molar-refractivity contribution in [3.63, 3.8) is 0 Å². The first kappa shape index (κ1) is 21.2. The molecule has 1 saturated heterocycles. The van der Waals surface area contributed by atoms with Crippen LogP contribution in [0.15, 0.2) is 48.8 Å². The molecular formula is C23H25ClN4O3. The molecule has 0 radical (unpaired) electrons. The molecule has 0 unspecified atom stereocenters. The molecule has 1 aliphatic heterocycles. The zero-order chi connectivity index (χ0) is 22.2. The van der Waals surface area contributed by atoms with E-state index in [2.05, 4.69) is 4.98 Å². The monoisotopic (exact) mass is 440 g/mol. The molecule has 2 amide bonds. The van der Waals surface area contributed by atoms with Crippen LogP contribution in [0.3, 0.4) is 0 Å². The molecule has 0 N–H and O–H groups in total. The number of fused-ring (bicyclic) bond motifs is 1. The smallest absolute Gasteiger partial charge is 0.410 e. The van der Waals surface area contributed by atoms with E-state index in [-0.39, 0.29) is 12.0 Å². The molecule has 0 spiro atoms.